The predicted octanol–water partition coefficient (Wildman–Crippen LogP) is 1.08. The molecule has 29 heavy (non-hydrogen) atoms. The van der Waals surface area contributed by atoms with Crippen LogP contribution in [0.4, 0.5) is 0 Å². The van der Waals surface area contributed by atoms with E-state index in [0.717, 1.165) is 10.2 Å². The Morgan fingerprint density at radius 1 is 0.931 bits per heavy atom. The molecule has 8 nitrogen and oxygen atoms in total. The minimum atomic E-state index is -3.56. The van der Waals surface area contributed by atoms with Crippen LogP contribution in [-0.4, -0.2) is 36.4 Å². The van der Waals surface area contributed by atoms with Gasteiger partial charge in [-0.2, -0.15) is 9.78 Å². The molecule has 0 bridgehead atoms. The van der Waals surface area contributed by atoms with Crippen LogP contribution in [0.15, 0.2) is 77.6 Å². The van der Waals surface area contributed by atoms with Crippen LogP contribution in [0.1, 0.15) is 16.1 Å². The second-order valence-electron chi connectivity index (χ2n) is 6.19. The number of nitrogens with one attached hydrogen (secondary N) is 2. The Hall–Kier alpha value is -3.30. The number of benzene rings is 2. The molecule has 0 aliphatic rings. The summed E-state index contributed by atoms with van der Waals surface area (Å²) in [5.74, 6) is -0.836. The van der Waals surface area contributed by atoms with E-state index in [1.807, 2.05) is 30.3 Å². The average Bonchev–Trinajstić information content (AvgIpc) is 2.74. The molecule has 2 aromatic carbocycles. The van der Waals surface area contributed by atoms with Crippen LogP contribution in [0.2, 0.25) is 0 Å². The number of hydrogen-bond acceptors (Lipinski definition) is 5. The maximum Gasteiger partial charge on any atom is 0.271 e. The first-order valence-corrected chi connectivity index (χ1v) is 10.6. The van der Waals surface area contributed by atoms with Crippen LogP contribution in [-0.2, 0) is 16.6 Å². The molecule has 1 heterocycles. The van der Waals surface area contributed by atoms with E-state index in [1.165, 1.54) is 12.1 Å². The van der Waals surface area contributed by atoms with Crippen molar-refractivity contribution in [3.63, 3.8) is 0 Å². The van der Waals surface area contributed by atoms with Gasteiger partial charge in [0.15, 0.2) is 0 Å². The molecule has 3 rings (SSSR count). The molecule has 1 aromatic heterocycles. The number of carbonyl (C=O) groups is 1. The Morgan fingerprint density at radius 3 is 2.28 bits per heavy atom. The summed E-state index contributed by atoms with van der Waals surface area (Å²) in [6.07, 6.45) is 0. The van der Waals surface area contributed by atoms with Crippen molar-refractivity contribution >= 4 is 15.9 Å². The molecule has 0 unspecified atom stereocenters. The average molecular weight is 412 g/mol. The van der Waals surface area contributed by atoms with Crippen LogP contribution in [0.5, 0.6) is 0 Å². The second-order valence-corrected chi connectivity index (χ2v) is 8.11. The van der Waals surface area contributed by atoms with Gasteiger partial charge in [0.25, 0.3) is 11.5 Å². The van der Waals surface area contributed by atoms with E-state index in [-0.39, 0.29) is 30.1 Å². The number of amides is 1. The molecule has 3 aromatic rings. The van der Waals surface area contributed by atoms with Crippen molar-refractivity contribution in [3.8, 4) is 5.69 Å². The molecule has 150 valence electrons. The number of para-hydroxylation sites is 1. The lowest BCUT2D eigenvalue weighted by Gasteiger charge is -2.09. The van der Waals surface area contributed by atoms with E-state index in [2.05, 4.69) is 15.1 Å². The molecule has 0 saturated carbocycles. The Labute approximate surface area is 168 Å². The fourth-order valence-electron chi connectivity index (χ4n) is 2.54. The standard InChI is InChI=1S/C20H20N4O4S/c25-19-12-11-18(23-24(19)17-9-5-2-6-10-17)20(26)21-13-14-29(27,28)22-15-16-7-3-1-4-8-16/h1-12,22H,13-15H2,(H,21,26). The lowest BCUT2D eigenvalue weighted by Crippen LogP contribution is -2.35. The van der Waals surface area contributed by atoms with Crippen molar-refractivity contribution in [2.24, 2.45) is 0 Å². The van der Waals surface area contributed by atoms with Crippen molar-refractivity contribution < 1.29 is 13.2 Å². The predicted molar refractivity (Wildman–Crippen MR) is 109 cm³/mol. The van der Waals surface area contributed by atoms with Crippen LogP contribution in [0, 0.1) is 0 Å². The Bertz CT molecular complexity index is 1130. The maximum atomic E-state index is 12.3. The van der Waals surface area contributed by atoms with Gasteiger partial charge in [0, 0.05) is 19.2 Å². The zero-order valence-electron chi connectivity index (χ0n) is 15.5. The molecule has 0 saturated heterocycles. The molecule has 0 aliphatic carbocycles. The highest BCUT2D eigenvalue weighted by atomic mass is 32.2. The van der Waals surface area contributed by atoms with Gasteiger partial charge < -0.3 is 5.32 Å². The van der Waals surface area contributed by atoms with Crippen molar-refractivity contribution in [1.29, 1.82) is 0 Å². The third-order valence-electron chi connectivity index (χ3n) is 4.03. The van der Waals surface area contributed by atoms with Crippen molar-refractivity contribution in [1.82, 2.24) is 19.8 Å². The Kier molecular flexibility index (Phi) is 6.53. The monoisotopic (exact) mass is 412 g/mol. The SMILES string of the molecule is O=C(NCCS(=O)(=O)NCc1ccccc1)c1ccc(=O)n(-c2ccccc2)n1. The first kappa shape index (κ1) is 20.4. The fourth-order valence-corrected chi connectivity index (χ4v) is 3.44. The summed E-state index contributed by atoms with van der Waals surface area (Å²) in [7, 11) is -3.56. The Morgan fingerprint density at radius 2 is 1.59 bits per heavy atom. The summed E-state index contributed by atoms with van der Waals surface area (Å²) in [6.45, 7) is 0.0931. The van der Waals surface area contributed by atoms with Crippen molar-refractivity contribution in [3.05, 3.63) is 94.4 Å². The van der Waals surface area contributed by atoms with Crippen LogP contribution < -0.4 is 15.6 Å². The number of nitrogens with zero attached hydrogens (tertiary/aromatic N) is 2. The van der Waals surface area contributed by atoms with Gasteiger partial charge >= 0.3 is 0 Å². The summed E-state index contributed by atoms with van der Waals surface area (Å²) in [5.41, 5.74) is 1.01. The maximum absolute atomic E-state index is 12.3. The minimum absolute atomic E-state index is 0.0168. The van der Waals surface area contributed by atoms with E-state index < -0.39 is 15.9 Å². The largest absolute Gasteiger partial charge is 0.350 e. The molecule has 0 aliphatic heterocycles. The lowest BCUT2D eigenvalue weighted by molar-refractivity contribution is 0.0949. The van der Waals surface area contributed by atoms with E-state index in [4.69, 9.17) is 0 Å². The van der Waals surface area contributed by atoms with Crippen LogP contribution >= 0.6 is 0 Å². The zero-order chi connectivity index (χ0) is 20.7. The van der Waals surface area contributed by atoms with Crippen LogP contribution in [0.25, 0.3) is 5.69 Å². The Balaban J connectivity index is 1.57. The second kappa shape index (κ2) is 9.26. The summed E-state index contributed by atoms with van der Waals surface area (Å²) < 4.78 is 27.8. The number of sulfonamides is 1. The van der Waals surface area contributed by atoms with Gasteiger partial charge in [-0.3, -0.25) is 9.59 Å². The van der Waals surface area contributed by atoms with E-state index in [9.17, 15) is 18.0 Å². The summed E-state index contributed by atoms with van der Waals surface area (Å²) in [6, 6.07) is 20.4. The first-order chi connectivity index (χ1) is 13.9. The van der Waals surface area contributed by atoms with Gasteiger partial charge in [-0.1, -0.05) is 48.5 Å². The molecular weight excluding hydrogens is 392 g/mol. The summed E-state index contributed by atoms with van der Waals surface area (Å²) in [5, 5.41) is 6.58. The third-order valence-corrected chi connectivity index (χ3v) is 5.35. The lowest BCUT2D eigenvalue weighted by atomic mass is 10.2. The van der Waals surface area contributed by atoms with E-state index in [0.29, 0.717) is 5.69 Å². The van der Waals surface area contributed by atoms with Crippen molar-refractivity contribution in [2.75, 3.05) is 12.3 Å². The molecule has 1 amide bonds. The first-order valence-electron chi connectivity index (χ1n) is 8.90. The summed E-state index contributed by atoms with van der Waals surface area (Å²) in [4.78, 5) is 24.3. The zero-order valence-corrected chi connectivity index (χ0v) is 16.3. The topological polar surface area (TPSA) is 110 Å². The van der Waals surface area contributed by atoms with Crippen LogP contribution in [0.3, 0.4) is 0 Å². The molecule has 0 spiro atoms. The normalized spacial score (nSPS) is 11.2. The third kappa shape index (κ3) is 5.84. The molecule has 2 N–H and O–H groups in total. The molecule has 0 atom stereocenters. The van der Waals surface area contributed by atoms with E-state index in [1.54, 1.807) is 30.3 Å². The molecule has 0 radical (unpaired) electrons. The number of carbonyl (C=O) groups excluding carboxylic acids is 1. The van der Waals surface area contributed by atoms with Gasteiger partial charge in [-0.25, -0.2) is 13.1 Å². The minimum Gasteiger partial charge on any atom is -0.350 e. The van der Waals surface area contributed by atoms with Gasteiger partial charge in [-0.15, -0.1) is 0 Å². The van der Waals surface area contributed by atoms with Crippen molar-refractivity contribution in [2.45, 2.75) is 6.54 Å². The molecule has 9 heteroatoms. The number of hydrogen-bond donors (Lipinski definition) is 2. The molecular formula is C20H20N4O4S. The van der Waals surface area contributed by atoms with Gasteiger partial charge in [0.05, 0.1) is 11.4 Å². The van der Waals surface area contributed by atoms with Gasteiger partial charge in [0.2, 0.25) is 10.0 Å². The highest BCUT2D eigenvalue weighted by Gasteiger charge is 2.13. The number of aromatic nitrogens is 2. The summed E-state index contributed by atoms with van der Waals surface area (Å²) >= 11 is 0. The molecule has 0 fully saturated rings. The smallest absolute Gasteiger partial charge is 0.271 e. The highest BCUT2D eigenvalue weighted by molar-refractivity contribution is 7.89. The fraction of sp³-hybridized carbons (Fsp3) is 0.150. The quantitative estimate of drug-likeness (QED) is 0.575. The van der Waals surface area contributed by atoms with E-state index >= 15 is 0 Å². The highest BCUT2D eigenvalue weighted by Crippen LogP contribution is 2.03. The van der Waals surface area contributed by atoms with Gasteiger partial charge in [0.1, 0.15) is 5.69 Å². The number of rotatable bonds is 8. The van der Waals surface area contributed by atoms with Gasteiger partial charge in [-0.05, 0) is 23.8 Å².